The first kappa shape index (κ1) is 11.8. The molecular formula is C17H18N2. The number of nitrogens with one attached hydrogen (secondary N) is 1. The standard InChI is InChI=1S/C17H18N2/c1-3-8-15(9-4-1)14-17-12-7-13-19(17)18-16-10-5-2-6-11-16/h1-6,8-11,14,18H,7,12-13H2. The average Bonchev–Trinajstić information content (AvgIpc) is 2.88. The van der Waals surface area contributed by atoms with Crippen LogP contribution >= 0.6 is 0 Å². The predicted molar refractivity (Wildman–Crippen MR) is 80.4 cm³/mol. The number of hydrazine groups is 1. The van der Waals surface area contributed by atoms with Gasteiger partial charge in [-0.2, -0.15) is 0 Å². The number of para-hydroxylation sites is 1. The first-order valence-corrected chi connectivity index (χ1v) is 6.77. The Kier molecular flexibility index (Phi) is 3.50. The topological polar surface area (TPSA) is 15.3 Å². The molecule has 2 aromatic carbocycles. The van der Waals surface area contributed by atoms with E-state index in [4.69, 9.17) is 0 Å². The summed E-state index contributed by atoms with van der Waals surface area (Å²) in [5.41, 5.74) is 7.24. The molecule has 0 amide bonds. The zero-order valence-electron chi connectivity index (χ0n) is 10.9. The third kappa shape index (κ3) is 2.97. The van der Waals surface area contributed by atoms with Gasteiger partial charge < -0.3 is 0 Å². The second-order valence-corrected chi connectivity index (χ2v) is 4.78. The van der Waals surface area contributed by atoms with Crippen LogP contribution in [-0.2, 0) is 0 Å². The maximum atomic E-state index is 3.48. The van der Waals surface area contributed by atoms with Crippen molar-refractivity contribution < 1.29 is 0 Å². The highest BCUT2D eigenvalue weighted by Gasteiger charge is 2.16. The molecule has 1 aliphatic heterocycles. The summed E-state index contributed by atoms with van der Waals surface area (Å²) in [6.45, 7) is 1.06. The summed E-state index contributed by atoms with van der Waals surface area (Å²) < 4.78 is 0. The molecule has 1 N–H and O–H groups in total. The first-order chi connectivity index (χ1) is 9.42. The molecule has 1 saturated heterocycles. The van der Waals surface area contributed by atoms with Gasteiger partial charge in [-0.25, -0.2) is 0 Å². The van der Waals surface area contributed by atoms with Gasteiger partial charge in [-0.3, -0.25) is 10.4 Å². The van der Waals surface area contributed by atoms with Gasteiger partial charge in [0.15, 0.2) is 0 Å². The van der Waals surface area contributed by atoms with E-state index < -0.39 is 0 Å². The van der Waals surface area contributed by atoms with Gasteiger partial charge in [0.1, 0.15) is 0 Å². The van der Waals surface area contributed by atoms with Gasteiger partial charge in [-0.15, -0.1) is 0 Å². The second kappa shape index (κ2) is 5.61. The third-order valence-electron chi connectivity index (χ3n) is 3.33. The number of nitrogens with zero attached hydrogens (tertiary/aromatic N) is 1. The summed E-state index contributed by atoms with van der Waals surface area (Å²) in [6, 6.07) is 20.8. The van der Waals surface area contributed by atoms with Crippen LogP contribution in [0.5, 0.6) is 0 Å². The van der Waals surface area contributed by atoms with E-state index in [1.54, 1.807) is 0 Å². The number of benzene rings is 2. The normalized spacial score (nSPS) is 16.8. The Morgan fingerprint density at radius 1 is 0.895 bits per heavy atom. The Bertz CT molecular complexity index is 546. The molecule has 1 fully saturated rings. The van der Waals surface area contributed by atoms with E-state index in [1.807, 2.05) is 6.07 Å². The van der Waals surface area contributed by atoms with Crippen LogP contribution in [0.1, 0.15) is 18.4 Å². The van der Waals surface area contributed by atoms with Crippen molar-refractivity contribution in [2.24, 2.45) is 0 Å². The summed E-state index contributed by atoms with van der Waals surface area (Å²) in [7, 11) is 0. The van der Waals surface area contributed by atoms with Gasteiger partial charge >= 0.3 is 0 Å². The highest BCUT2D eigenvalue weighted by molar-refractivity contribution is 5.54. The maximum absolute atomic E-state index is 3.48. The Labute approximate surface area is 114 Å². The molecule has 0 atom stereocenters. The number of allylic oxidation sites excluding steroid dienone is 1. The fourth-order valence-corrected chi connectivity index (χ4v) is 2.38. The molecule has 96 valence electrons. The van der Waals surface area contributed by atoms with Crippen LogP contribution < -0.4 is 5.43 Å². The first-order valence-electron chi connectivity index (χ1n) is 6.77. The van der Waals surface area contributed by atoms with Crippen molar-refractivity contribution in [1.82, 2.24) is 5.01 Å². The van der Waals surface area contributed by atoms with Crippen molar-refractivity contribution in [3.05, 3.63) is 71.9 Å². The van der Waals surface area contributed by atoms with E-state index in [2.05, 4.69) is 71.1 Å². The lowest BCUT2D eigenvalue weighted by Gasteiger charge is -2.22. The Balaban J connectivity index is 1.77. The third-order valence-corrected chi connectivity index (χ3v) is 3.33. The van der Waals surface area contributed by atoms with Gasteiger partial charge in [0.05, 0.1) is 5.69 Å². The molecule has 3 rings (SSSR count). The Morgan fingerprint density at radius 2 is 1.58 bits per heavy atom. The molecule has 1 heterocycles. The molecule has 2 aromatic rings. The highest BCUT2D eigenvalue weighted by atomic mass is 15.5. The van der Waals surface area contributed by atoms with Crippen LogP contribution in [0, 0.1) is 0 Å². The number of rotatable bonds is 3. The van der Waals surface area contributed by atoms with E-state index in [9.17, 15) is 0 Å². The Morgan fingerprint density at radius 3 is 2.32 bits per heavy atom. The van der Waals surface area contributed by atoms with Crippen molar-refractivity contribution in [3.63, 3.8) is 0 Å². The Hall–Kier alpha value is -2.22. The minimum atomic E-state index is 1.06. The van der Waals surface area contributed by atoms with Crippen LogP contribution in [0.4, 0.5) is 5.69 Å². The molecule has 0 spiro atoms. The molecular weight excluding hydrogens is 232 g/mol. The fourth-order valence-electron chi connectivity index (χ4n) is 2.38. The highest BCUT2D eigenvalue weighted by Crippen LogP contribution is 2.24. The van der Waals surface area contributed by atoms with E-state index >= 15 is 0 Å². The summed E-state index contributed by atoms with van der Waals surface area (Å²) >= 11 is 0. The van der Waals surface area contributed by atoms with E-state index in [0.717, 1.165) is 18.7 Å². The molecule has 0 radical (unpaired) electrons. The quantitative estimate of drug-likeness (QED) is 0.880. The molecule has 1 aliphatic rings. The van der Waals surface area contributed by atoms with Crippen molar-refractivity contribution >= 4 is 11.8 Å². The van der Waals surface area contributed by atoms with E-state index in [1.165, 1.54) is 17.7 Å². The van der Waals surface area contributed by atoms with Crippen LogP contribution in [-0.4, -0.2) is 11.6 Å². The lowest BCUT2D eigenvalue weighted by molar-refractivity contribution is 0.475. The lowest BCUT2D eigenvalue weighted by atomic mass is 10.2. The van der Waals surface area contributed by atoms with Crippen LogP contribution in [0.2, 0.25) is 0 Å². The number of hydrogen-bond donors (Lipinski definition) is 1. The minimum Gasteiger partial charge on any atom is -0.299 e. The zero-order valence-corrected chi connectivity index (χ0v) is 10.9. The SMILES string of the molecule is C(=C1CCCN1Nc1ccccc1)c1ccccc1. The van der Waals surface area contributed by atoms with Gasteiger partial charge in [-0.1, -0.05) is 48.5 Å². The van der Waals surface area contributed by atoms with Crippen LogP contribution in [0.25, 0.3) is 6.08 Å². The molecule has 2 heteroatoms. The molecule has 0 aliphatic carbocycles. The summed E-state index contributed by atoms with van der Waals surface area (Å²) in [6.07, 6.45) is 4.61. The molecule has 0 bridgehead atoms. The monoisotopic (exact) mass is 250 g/mol. The van der Waals surface area contributed by atoms with Gasteiger partial charge in [-0.05, 0) is 36.6 Å². The fraction of sp³-hybridized carbons (Fsp3) is 0.176. The summed E-state index contributed by atoms with van der Waals surface area (Å²) in [5.74, 6) is 0. The van der Waals surface area contributed by atoms with Crippen molar-refractivity contribution in [1.29, 1.82) is 0 Å². The van der Waals surface area contributed by atoms with Crippen molar-refractivity contribution in [2.45, 2.75) is 12.8 Å². The molecule has 0 aromatic heterocycles. The minimum absolute atomic E-state index is 1.06. The van der Waals surface area contributed by atoms with Crippen LogP contribution in [0.15, 0.2) is 66.4 Å². The number of hydrogen-bond acceptors (Lipinski definition) is 2. The average molecular weight is 250 g/mol. The predicted octanol–water partition coefficient (Wildman–Crippen LogP) is 4.15. The molecule has 0 unspecified atom stereocenters. The summed E-state index contributed by atoms with van der Waals surface area (Å²) in [5, 5.41) is 2.25. The molecule has 19 heavy (non-hydrogen) atoms. The molecule has 2 nitrogen and oxygen atoms in total. The van der Waals surface area contributed by atoms with Crippen molar-refractivity contribution in [3.8, 4) is 0 Å². The van der Waals surface area contributed by atoms with Crippen LogP contribution in [0.3, 0.4) is 0 Å². The summed E-state index contributed by atoms with van der Waals surface area (Å²) in [4.78, 5) is 0. The number of anilines is 1. The van der Waals surface area contributed by atoms with Crippen molar-refractivity contribution in [2.75, 3.05) is 12.0 Å². The largest absolute Gasteiger partial charge is 0.299 e. The smallest absolute Gasteiger partial charge is 0.0542 e. The maximum Gasteiger partial charge on any atom is 0.0542 e. The zero-order chi connectivity index (χ0) is 12.9. The van der Waals surface area contributed by atoms with Gasteiger partial charge in [0.25, 0.3) is 0 Å². The van der Waals surface area contributed by atoms with E-state index in [0.29, 0.717) is 0 Å². The van der Waals surface area contributed by atoms with E-state index in [-0.39, 0.29) is 0 Å². The molecule has 0 saturated carbocycles. The lowest BCUT2D eigenvalue weighted by Crippen LogP contribution is -2.24. The van der Waals surface area contributed by atoms with Gasteiger partial charge in [0.2, 0.25) is 0 Å². The second-order valence-electron chi connectivity index (χ2n) is 4.78. The van der Waals surface area contributed by atoms with Gasteiger partial charge in [0, 0.05) is 12.2 Å².